The van der Waals surface area contributed by atoms with Crippen LogP contribution in [0.15, 0.2) is 150 Å². The van der Waals surface area contributed by atoms with Gasteiger partial charge in [0.15, 0.2) is 18.6 Å². The van der Waals surface area contributed by atoms with E-state index in [1.807, 2.05) is 94.7 Å². The van der Waals surface area contributed by atoms with Crippen LogP contribution in [0.5, 0.6) is 0 Å². The van der Waals surface area contributed by atoms with Gasteiger partial charge in [0.25, 0.3) is 0 Å². The minimum Gasteiger partial charge on any atom is -0.469 e. The average molecular weight is 1790 g/mol. The minimum atomic E-state index is -0.776. The summed E-state index contributed by atoms with van der Waals surface area (Å²) in [5.74, 6) is -3.51. The molecule has 0 bridgehead atoms. The van der Waals surface area contributed by atoms with E-state index < -0.39 is 54.0 Å². The van der Waals surface area contributed by atoms with Gasteiger partial charge in [0.1, 0.15) is 0 Å². The van der Waals surface area contributed by atoms with E-state index in [1.54, 1.807) is 4.90 Å². The zero-order valence-electron chi connectivity index (χ0n) is 62.7. The summed E-state index contributed by atoms with van der Waals surface area (Å²) in [6, 6.07) is 49.0. The molecular weight excluding hydrogens is 1700 g/mol. The summed E-state index contributed by atoms with van der Waals surface area (Å²) in [4.78, 5) is 55.1. The molecule has 582 valence electrons. The molecule has 15 rings (SSSR count). The lowest BCUT2D eigenvalue weighted by Gasteiger charge is -2.42. The van der Waals surface area contributed by atoms with Gasteiger partial charge in [0.05, 0.1) is 95.5 Å². The number of nitrogens with one attached hydrogen (secondary N) is 3. The van der Waals surface area contributed by atoms with Gasteiger partial charge in [-0.05, 0) is 234 Å². The van der Waals surface area contributed by atoms with E-state index in [-0.39, 0.29) is 53.8 Å². The topological polar surface area (TPSA) is 296 Å². The van der Waals surface area contributed by atoms with Crippen LogP contribution in [-0.4, -0.2) is 142 Å². The van der Waals surface area contributed by atoms with Crippen LogP contribution in [0.2, 0.25) is 0 Å². The Labute approximate surface area is 683 Å². The average Bonchev–Trinajstić information content (AvgIpc) is 1.76. The fourth-order valence-electron chi connectivity index (χ4n) is 18.5. The fourth-order valence-corrected chi connectivity index (χ4v) is 19.9. The van der Waals surface area contributed by atoms with Crippen LogP contribution in [0, 0.1) is 94.8 Å². The van der Waals surface area contributed by atoms with E-state index in [1.165, 1.54) is 21.3 Å². The molecule has 6 heterocycles. The summed E-state index contributed by atoms with van der Waals surface area (Å²) in [5, 5.41) is 66.0. The largest absolute Gasteiger partial charge is 0.469 e. The van der Waals surface area contributed by atoms with Crippen molar-refractivity contribution in [2.75, 3.05) is 60.6 Å². The lowest BCUT2D eigenvalue weighted by Crippen LogP contribution is -2.47. The van der Waals surface area contributed by atoms with Crippen LogP contribution in [0.4, 0.5) is 0 Å². The number of carbonyl (C=O) groups excluding carboxylic acids is 3. The molecule has 0 saturated heterocycles. The molecule has 6 N–H and O–H groups in total. The van der Waals surface area contributed by atoms with Crippen LogP contribution < -0.4 is 0 Å². The summed E-state index contributed by atoms with van der Waals surface area (Å²) in [6.45, 7) is 4.71. The number of benzene rings is 6. The second-order valence-electron chi connectivity index (χ2n) is 30.3. The van der Waals surface area contributed by atoms with Gasteiger partial charge >= 0.3 is 17.9 Å². The van der Waals surface area contributed by atoms with Crippen LogP contribution >= 0.6 is 61.1 Å². The predicted molar refractivity (Wildman–Crippen MR) is 440 cm³/mol. The number of fused-ring (bicyclic) bond motifs is 12. The predicted octanol–water partition coefficient (Wildman–Crippen LogP) is 15.0. The number of hydrogen-bond acceptors (Lipinski definition) is 18. The van der Waals surface area contributed by atoms with Gasteiger partial charge in [-0.1, -0.05) is 119 Å². The first-order valence-electron chi connectivity index (χ1n) is 38.5. The first kappa shape index (κ1) is 81.0. The Bertz CT molecular complexity index is 4640. The second-order valence-corrected chi connectivity index (χ2v) is 33.6. The van der Waals surface area contributed by atoms with Crippen molar-refractivity contribution >= 4 is 112 Å². The van der Waals surface area contributed by atoms with E-state index in [0.29, 0.717) is 104 Å². The number of methoxy groups -OCH3 is 3. The Kier molecular flexibility index (Phi) is 27.5. The first-order chi connectivity index (χ1) is 54.0. The number of para-hydroxylation sites is 3. The van der Waals surface area contributed by atoms with Crippen LogP contribution in [0.1, 0.15) is 127 Å². The summed E-state index contributed by atoms with van der Waals surface area (Å²) in [7, 11) is 4.13. The van der Waals surface area contributed by atoms with Gasteiger partial charge in [-0.15, -0.1) is 0 Å². The minimum absolute atomic E-state index is 0.0665. The van der Waals surface area contributed by atoms with Gasteiger partial charge in [-0.2, -0.15) is 15.8 Å². The molecule has 3 fully saturated rings. The number of aromatic nitrogens is 3. The van der Waals surface area contributed by atoms with Crippen molar-refractivity contribution in [1.29, 1.82) is 15.8 Å². The quantitative estimate of drug-likeness (QED) is 0.0287. The molecule has 24 heteroatoms. The van der Waals surface area contributed by atoms with Crippen molar-refractivity contribution in [2.24, 2.45) is 53.3 Å². The Morgan fingerprint density at radius 1 is 0.441 bits per heavy atom. The van der Waals surface area contributed by atoms with Gasteiger partial charge in [0.2, 0.25) is 0 Å². The van der Waals surface area contributed by atoms with Gasteiger partial charge in [-0.25, -0.2) is 0 Å². The highest BCUT2D eigenvalue weighted by Gasteiger charge is 2.49. The van der Waals surface area contributed by atoms with E-state index in [2.05, 4.69) is 155 Å². The van der Waals surface area contributed by atoms with Crippen molar-refractivity contribution < 1.29 is 58.1 Å². The molecule has 111 heavy (non-hydrogen) atoms. The van der Waals surface area contributed by atoms with Crippen LogP contribution in [-0.2, 0) is 81.9 Å². The molecule has 15 atom stereocenters. The van der Waals surface area contributed by atoms with Gasteiger partial charge < -0.3 is 73.4 Å². The molecule has 0 spiro atoms. The lowest BCUT2D eigenvalue weighted by molar-refractivity contribution is -0.159. The fraction of sp³-hybridized carbons (Fsp3) is 0.448. The highest BCUT2D eigenvalue weighted by Crippen LogP contribution is 2.49. The summed E-state index contributed by atoms with van der Waals surface area (Å²) in [5.41, 5.74) is 12.8. The molecule has 0 amide bonds. The number of H-pyrrole nitrogens is 3. The molecule has 0 unspecified atom stereocenters. The smallest absolute Gasteiger partial charge is 0.311 e. The number of ether oxygens (including phenoxy) is 6. The number of nitriles is 3. The molecule has 6 aliphatic rings. The summed E-state index contributed by atoms with van der Waals surface area (Å²) >= 11 is 8.15. The van der Waals surface area contributed by atoms with E-state index >= 15 is 0 Å². The molecule has 21 nitrogen and oxygen atoms in total. The second kappa shape index (κ2) is 37.7. The van der Waals surface area contributed by atoms with E-state index in [0.717, 1.165) is 127 Å². The first-order valence-corrected chi connectivity index (χ1v) is 41.5. The molecule has 0 radical (unpaired) electrons. The number of nitrogens with zero attached hydrogens (tertiary/aromatic N) is 6. The molecule has 3 aromatic heterocycles. The molecule has 3 aliphatic carbocycles. The number of aliphatic hydroxyl groups excluding tert-OH is 3. The molecular formula is C87H96BrI2N9O12. The maximum Gasteiger partial charge on any atom is 0.311 e. The Balaban J connectivity index is 0.000000146. The number of carbonyl (C=O) groups is 3. The summed E-state index contributed by atoms with van der Waals surface area (Å²) < 4.78 is 38.8. The monoisotopic (exact) mass is 1790 g/mol. The Morgan fingerprint density at radius 3 is 1.06 bits per heavy atom. The zero-order chi connectivity index (χ0) is 77.8. The highest BCUT2D eigenvalue weighted by molar-refractivity contribution is 14.1. The number of halogens is 3. The number of esters is 3. The molecule has 6 aromatic carbocycles. The molecule has 3 saturated carbocycles. The van der Waals surface area contributed by atoms with Crippen molar-refractivity contribution in [3.63, 3.8) is 0 Å². The number of aliphatic hydroxyl groups is 3. The maximum absolute atomic E-state index is 12.9. The normalized spacial score (nSPS) is 26.1. The van der Waals surface area contributed by atoms with Gasteiger partial charge in [0, 0.05) is 101 Å². The Hall–Kier alpha value is -8.08. The standard InChI is InChI=1S/C29H32BrN3O4.2C29H32IN3O4/c1-36-29(35)27-23-14-26(37-16-18-6-9-20(30)10-7-18)28-22(21-4-2-3-5-24(21)32-28)12-13-33(17-31)15-19(23)8-11-25(27)34;2*1-36-29(35)27-22-14-26(37-16-19-6-2-4-8-23(19)30)28-21(20-7-3-5-9-24(20)32-28)12-13-33(17-31)15-18(22)10-11-25(27)34/h2-7,9-10,19,23,25-27,32,34H,8,11-16H2,1H3;2*2-9,18,22,25-27,32,34H,10-16H2,1H3/t19-,23-,25-,26-,27+;18-,22-,25-,26+,27+;18-,22-,25-,26-,27+/m000/s1. The van der Waals surface area contributed by atoms with Crippen molar-refractivity contribution in [1.82, 2.24) is 29.7 Å². The van der Waals surface area contributed by atoms with Crippen molar-refractivity contribution in [3.05, 3.63) is 208 Å². The van der Waals surface area contributed by atoms with Crippen molar-refractivity contribution in [3.8, 4) is 18.6 Å². The van der Waals surface area contributed by atoms with Crippen LogP contribution in [0.3, 0.4) is 0 Å². The van der Waals surface area contributed by atoms with Crippen molar-refractivity contribution in [2.45, 2.75) is 133 Å². The number of hydrogen-bond donors (Lipinski definition) is 6. The van der Waals surface area contributed by atoms with Gasteiger partial charge in [-0.3, -0.25) is 14.4 Å². The number of aromatic amines is 3. The van der Waals surface area contributed by atoms with Crippen LogP contribution in [0.25, 0.3) is 32.7 Å². The highest BCUT2D eigenvalue weighted by atomic mass is 127. The third kappa shape index (κ3) is 18.6. The summed E-state index contributed by atoms with van der Waals surface area (Å²) in [6.07, 6.45) is 11.4. The lowest BCUT2D eigenvalue weighted by atomic mass is 9.67. The van der Waals surface area contributed by atoms with E-state index in [9.17, 15) is 45.5 Å². The molecule has 3 aliphatic heterocycles. The SMILES string of the molecule is COC(=O)[C@@H]1[C@H]2C[C@@H](OCc3ccccc3I)c3[nH]c4ccccc4c3CCN(C#N)C[C@@H]2CC[C@@H]1O.COC(=O)[C@@H]1[C@H]2C[C@H](OCc3ccc(Br)cc3)c3[nH]c4ccccc4c3CCN(C#N)C[C@@H]2CC[C@@H]1O.COC(=O)[C@@H]1[C@H]2C[C@H](OCc3ccccc3I)c3[nH]c4ccccc4c3CCN(C#N)C[C@@H]2CC[C@@H]1O. The molecule has 9 aromatic rings. The third-order valence-electron chi connectivity index (χ3n) is 24.2. The maximum atomic E-state index is 12.9. The third-order valence-corrected chi connectivity index (χ3v) is 26.8. The van der Waals surface area contributed by atoms with E-state index in [4.69, 9.17) is 28.4 Å². The Morgan fingerprint density at radius 2 is 0.748 bits per heavy atom. The zero-order valence-corrected chi connectivity index (χ0v) is 68.6. The number of rotatable bonds is 12.